The van der Waals surface area contributed by atoms with Gasteiger partial charge in [0.1, 0.15) is 5.82 Å². The van der Waals surface area contributed by atoms with Gasteiger partial charge >= 0.3 is 0 Å². The lowest BCUT2D eigenvalue weighted by Crippen LogP contribution is -2.26. The number of aromatic nitrogens is 2. The molecular formula is C26H27ClN4S2. The number of nitrogens with one attached hydrogen (secondary N) is 1. The Morgan fingerprint density at radius 3 is 2.82 bits per heavy atom. The fraction of sp³-hybridized carbons (Fsp3) is 0.308. The predicted molar refractivity (Wildman–Crippen MR) is 144 cm³/mol. The van der Waals surface area contributed by atoms with Crippen LogP contribution in [0.4, 0.5) is 5.82 Å². The molecule has 170 valence electrons. The number of benzene rings is 1. The Labute approximate surface area is 207 Å². The fourth-order valence-corrected chi connectivity index (χ4v) is 6.43. The summed E-state index contributed by atoms with van der Waals surface area (Å²) in [6.07, 6.45) is 9.03. The Morgan fingerprint density at radius 1 is 1.06 bits per heavy atom. The van der Waals surface area contributed by atoms with Gasteiger partial charge in [0.2, 0.25) is 0 Å². The van der Waals surface area contributed by atoms with Gasteiger partial charge in [-0.25, -0.2) is 9.97 Å². The number of fused-ring (bicyclic) bond motifs is 1. The number of anilines is 1. The predicted octanol–water partition coefficient (Wildman–Crippen LogP) is 7.42. The first-order chi connectivity index (χ1) is 16.2. The maximum atomic E-state index is 6.27. The second kappa shape index (κ2) is 10.3. The van der Waals surface area contributed by atoms with Crippen LogP contribution in [-0.4, -0.2) is 23.1 Å². The number of hydrogen-bond acceptors (Lipinski definition) is 6. The van der Waals surface area contributed by atoms with E-state index in [2.05, 4.69) is 41.0 Å². The molecule has 3 N–H and O–H groups in total. The largest absolute Gasteiger partial charge is 0.369 e. The highest BCUT2D eigenvalue weighted by Gasteiger charge is 2.21. The molecule has 4 nitrogen and oxygen atoms in total. The molecule has 0 spiro atoms. The highest BCUT2D eigenvalue weighted by Crippen LogP contribution is 2.33. The Hall–Kier alpha value is -2.25. The Bertz CT molecular complexity index is 1250. The molecule has 4 aromatic rings. The molecule has 1 fully saturated rings. The maximum absolute atomic E-state index is 6.27. The summed E-state index contributed by atoms with van der Waals surface area (Å²) in [5, 5.41) is 7.40. The molecule has 1 aliphatic rings. The average Bonchev–Trinajstić information content (AvgIpc) is 3.53. The highest BCUT2D eigenvalue weighted by molar-refractivity contribution is 7.21. The molecule has 5 rings (SSSR count). The summed E-state index contributed by atoms with van der Waals surface area (Å²) in [6.45, 7) is 1.70. The normalized spacial score (nSPS) is 18.8. The van der Waals surface area contributed by atoms with Crippen LogP contribution >= 0.6 is 34.3 Å². The first-order valence-corrected chi connectivity index (χ1v) is 13.5. The van der Waals surface area contributed by atoms with Gasteiger partial charge in [-0.15, -0.1) is 22.7 Å². The Morgan fingerprint density at radius 2 is 1.97 bits per heavy atom. The number of thiophene rings is 2. The summed E-state index contributed by atoms with van der Waals surface area (Å²) >= 11 is 9.80. The SMILES string of the molecule is NCC1CCCC(CNc2nc(/C=C/c3ccc(-c4cccs4)s3)nc3cc(Cl)ccc23)C1. The third-order valence-electron chi connectivity index (χ3n) is 6.25. The van der Waals surface area contributed by atoms with Gasteiger partial charge in [-0.1, -0.05) is 24.1 Å². The second-order valence-corrected chi connectivity index (χ2v) is 11.1. The third-order valence-corrected chi connectivity index (χ3v) is 8.60. The van der Waals surface area contributed by atoms with Gasteiger partial charge in [-0.3, -0.25) is 0 Å². The van der Waals surface area contributed by atoms with E-state index in [1.807, 2.05) is 24.3 Å². The minimum Gasteiger partial charge on any atom is -0.369 e. The summed E-state index contributed by atoms with van der Waals surface area (Å²) in [5.41, 5.74) is 6.79. The van der Waals surface area contributed by atoms with Crippen LogP contribution in [-0.2, 0) is 0 Å². The number of halogens is 1. The van der Waals surface area contributed by atoms with Crippen molar-refractivity contribution in [2.45, 2.75) is 25.7 Å². The average molecular weight is 495 g/mol. The highest BCUT2D eigenvalue weighted by atomic mass is 35.5. The molecule has 0 bridgehead atoms. The van der Waals surface area contributed by atoms with E-state index in [1.54, 1.807) is 22.7 Å². The molecule has 0 amide bonds. The molecule has 1 aromatic carbocycles. The Balaban J connectivity index is 1.38. The quantitative estimate of drug-likeness (QED) is 0.280. The van der Waals surface area contributed by atoms with E-state index < -0.39 is 0 Å². The number of nitrogens with two attached hydrogens (primary N) is 1. The Kier molecular flexibility index (Phi) is 7.07. The summed E-state index contributed by atoms with van der Waals surface area (Å²) in [7, 11) is 0. The van der Waals surface area contributed by atoms with Gasteiger partial charge < -0.3 is 11.1 Å². The molecule has 7 heteroatoms. The standard InChI is InChI=1S/C26H27ClN4S2/c27-19-6-9-21-22(14-19)30-25(11-8-20-7-10-24(33-20)23-5-2-12-32-23)31-26(21)29-16-18-4-1-3-17(13-18)15-28/h2,5-12,14,17-18H,1,3-4,13,15-16,28H2,(H,29,30,31)/b11-8+. The molecule has 0 aliphatic heterocycles. The zero-order valence-corrected chi connectivity index (χ0v) is 20.7. The van der Waals surface area contributed by atoms with Crippen molar-refractivity contribution in [3.8, 4) is 9.75 Å². The van der Waals surface area contributed by atoms with Gasteiger partial charge in [-0.2, -0.15) is 0 Å². The number of nitrogens with zero attached hydrogens (tertiary/aromatic N) is 2. The zero-order valence-electron chi connectivity index (χ0n) is 18.3. The summed E-state index contributed by atoms with van der Waals surface area (Å²) in [6, 6.07) is 14.4. The van der Waals surface area contributed by atoms with E-state index in [4.69, 9.17) is 27.3 Å². The number of hydrogen-bond donors (Lipinski definition) is 2. The van der Waals surface area contributed by atoms with Crippen LogP contribution in [0.3, 0.4) is 0 Å². The monoisotopic (exact) mass is 494 g/mol. The molecule has 3 heterocycles. The van der Waals surface area contributed by atoms with Crippen molar-refractivity contribution in [3.05, 3.63) is 63.6 Å². The van der Waals surface area contributed by atoms with E-state index in [0.717, 1.165) is 29.8 Å². The summed E-state index contributed by atoms with van der Waals surface area (Å²) in [5.74, 6) is 2.83. The van der Waals surface area contributed by atoms with Crippen molar-refractivity contribution in [3.63, 3.8) is 0 Å². The van der Waals surface area contributed by atoms with E-state index in [9.17, 15) is 0 Å². The van der Waals surface area contributed by atoms with Crippen molar-refractivity contribution in [1.82, 2.24) is 9.97 Å². The van der Waals surface area contributed by atoms with E-state index >= 15 is 0 Å². The van der Waals surface area contributed by atoms with Crippen LogP contribution in [0.5, 0.6) is 0 Å². The molecule has 33 heavy (non-hydrogen) atoms. The van der Waals surface area contributed by atoms with Gasteiger partial charge in [0.15, 0.2) is 5.82 Å². The van der Waals surface area contributed by atoms with Gasteiger partial charge in [0, 0.05) is 31.6 Å². The lowest BCUT2D eigenvalue weighted by atomic mass is 9.81. The van der Waals surface area contributed by atoms with Crippen LogP contribution in [0.2, 0.25) is 5.02 Å². The van der Waals surface area contributed by atoms with Gasteiger partial charge in [0.05, 0.1) is 5.52 Å². The van der Waals surface area contributed by atoms with E-state index in [0.29, 0.717) is 22.7 Å². The van der Waals surface area contributed by atoms with Crippen LogP contribution in [0.15, 0.2) is 47.8 Å². The van der Waals surface area contributed by atoms with Crippen molar-refractivity contribution in [1.29, 1.82) is 0 Å². The minimum atomic E-state index is 0.630. The minimum absolute atomic E-state index is 0.630. The zero-order chi connectivity index (χ0) is 22.6. The lowest BCUT2D eigenvalue weighted by molar-refractivity contribution is 0.281. The first-order valence-electron chi connectivity index (χ1n) is 11.4. The van der Waals surface area contributed by atoms with Gasteiger partial charge in [0.25, 0.3) is 0 Å². The van der Waals surface area contributed by atoms with Crippen molar-refractivity contribution < 1.29 is 0 Å². The van der Waals surface area contributed by atoms with Gasteiger partial charge in [-0.05, 0) is 91.6 Å². The molecule has 2 unspecified atom stereocenters. The molecule has 1 saturated carbocycles. The smallest absolute Gasteiger partial charge is 0.155 e. The van der Waals surface area contributed by atoms with Crippen LogP contribution < -0.4 is 11.1 Å². The number of rotatable bonds is 7. The van der Waals surface area contributed by atoms with Crippen molar-refractivity contribution in [2.24, 2.45) is 17.6 Å². The molecule has 3 aromatic heterocycles. The van der Waals surface area contributed by atoms with Crippen molar-refractivity contribution >= 4 is 63.1 Å². The van der Waals surface area contributed by atoms with Crippen LogP contribution in [0, 0.1) is 11.8 Å². The van der Waals surface area contributed by atoms with E-state index in [-0.39, 0.29) is 0 Å². The first kappa shape index (κ1) is 22.5. The summed E-state index contributed by atoms with van der Waals surface area (Å²) < 4.78 is 0. The van der Waals surface area contributed by atoms with E-state index in [1.165, 1.54) is 40.3 Å². The topological polar surface area (TPSA) is 63.8 Å². The lowest BCUT2D eigenvalue weighted by Gasteiger charge is -2.28. The van der Waals surface area contributed by atoms with Crippen LogP contribution in [0.1, 0.15) is 36.4 Å². The van der Waals surface area contributed by atoms with Crippen LogP contribution in [0.25, 0.3) is 32.8 Å². The molecule has 2 atom stereocenters. The molecule has 1 aliphatic carbocycles. The molecular weight excluding hydrogens is 468 g/mol. The molecule has 0 saturated heterocycles. The fourth-order valence-electron chi connectivity index (χ4n) is 4.52. The van der Waals surface area contributed by atoms with Crippen molar-refractivity contribution in [2.75, 3.05) is 18.4 Å². The molecule has 0 radical (unpaired) electrons. The second-order valence-electron chi connectivity index (χ2n) is 8.62. The maximum Gasteiger partial charge on any atom is 0.155 e. The summed E-state index contributed by atoms with van der Waals surface area (Å²) in [4.78, 5) is 13.4. The third kappa shape index (κ3) is 5.46.